The van der Waals surface area contributed by atoms with E-state index in [1.165, 1.54) is 12.1 Å². The molecule has 0 radical (unpaired) electrons. The Kier molecular flexibility index (Phi) is 7.19. The summed E-state index contributed by atoms with van der Waals surface area (Å²) < 4.78 is 25.5. The van der Waals surface area contributed by atoms with Crippen LogP contribution in [0.15, 0.2) is 68.4 Å². The summed E-state index contributed by atoms with van der Waals surface area (Å²) in [5.74, 6) is -0.342. The highest BCUT2D eigenvalue weighted by molar-refractivity contribution is 7.99. The van der Waals surface area contributed by atoms with Crippen LogP contribution in [0.5, 0.6) is 0 Å². The Labute approximate surface area is 189 Å². The number of hydrogen-bond acceptors (Lipinski definition) is 6. The fraction of sp³-hybridized carbons (Fsp3) is 0.190. The number of aromatic amines is 1. The molecule has 10 heteroatoms. The summed E-state index contributed by atoms with van der Waals surface area (Å²) in [4.78, 5) is 30.6. The number of anilines is 1. The lowest BCUT2D eigenvalue weighted by atomic mass is 10.2. The van der Waals surface area contributed by atoms with E-state index in [4.69, 9.17) is 11.6 Å². The van der Waals surface area contributed by atoms with Crippen molar-refractivity contribution < 1.29 is 13.2 Å². The van der Waals surface area contributed by atoms with E-state index in [0.717, 1.165) is 35.5 Å². The van der Waals surface area contributed by atoms with E-state index in [0.29, 0.717) is 10.7 Å². The first-order chi connectivity index (χ1) is 14.7. The molecule has 0 saturated heterocycles. The first-order valence-electron chi connectivity index (χ1n) is 9.33. The van der Waals surface area contributed by atoms with Crippen LogP contribution in [0, 0.1) is 6.92 Å². The van der Waals surface area contributed by atoms with Crippen molar-refractivity contribution in [3.8, 4) is 0 Å². The second kappa shape index (κ2) is 9.67. The molecule has 0 spiro atoms. The summed E-state index contributed by atoms with van der Waals surface area (Å²) >= 11 is 7.03. The second-order valence-electron chi connectivity index (χ2n) is 6.63. The van der Waals surface area contributed by atoms with Crippen LogP contribution in [0.2, 0.25) is 5.02 Å². The van der Waals surface area contributed by atoms with Gasteiger partial charge in [-0.15, -0.1) is 0 Å². The molecular weight excluding hydrogens is 458 g/mol. The molecule has 2 N–H and O–H groups in total. The minimum absolute atomic E-state index is 0.0219. The maximum Gasteiger partial charge on any atom is 0.270 e. The summed E-state index contributed by atoms with van der Waals surface area (Å²) in [5, 5.41) is 3.42. The fourth-order valence-corrected chi connectivity index (χ4v) is 4.77. The average molecular weight is 478 g/mol. The van der Waals surface area contributed by atoms with Gasteiger partial charge in [0.1, 0.15) is 0 Å². The summed E-state index contributed by atoms with van der Waals surface area (Å²) in [6.45, 7) is 3.75. The standard InChI is InChI=1S/C21H20ClN3O4S2/c1-3-14-7-9-15(10-8-14)31(28,29)18-11-23-21(25-20(18)27)30-12-19(26)24-17-6-4-5-16(22)13(17)2/h4-11H,3,12H2,1-2H3,(H,24,26)(H,23,25,27). The van der Waals surface area contributed by atoms with E-state index in [2.05, 4.69) is 15.3 Å². The maximum atomic E-state index is 12.8. The molecule has 3 rings (SSSR count). The minimum atomic E-state index is -4.00. The third-order valence-corrected chi connectivity index (χ3v) is 7.62. The van der Waals surface area contributed by atoms with Gasteiger partial charge in [-0.05, 0) is 48.7 Å². The van der Waals surface area contributed by atoms with Crippen molar-refractivity contribution in [1.29, 1.82) is 0 Å². The molecule has 1 heterocycles. The Morgan fingerprint density at radius 3 is 2.55 bits per heavy atom. The van der Waals surface area contributed by atoms with E-state index < -0.39 is 20.3 Å². The zero-order valence-corrected chi connectivity index (χ0v) is 19.2. The van der Waals surface area contributed by atoms with Gasteiger partial charge in [0.05, 0.1) is 16.8 Å². The second-order valence-corrected chi connectivity index (χ2v) is 9.92. The van der Waals surface area contributed by atoms with Crippen molar-refractivity contribution in [2.45, 2.75) is 35.2 Å². The molecule has 162 valence electrons. The molecule has 0 fully saturated rings. The number of rotatable bonds is 7. The van der Waals surface area contributed by atoms with Crippen LogP contribution >= 0.6 is 23.4 Å². The SMILES string of the molecule is CCc1ccc(S(=O)(=O)c2cnc(SCC(=O)Nc3cccc(Cl)c3C)[nH]c2=O)cc1. The third kappa shape index (κ3) is 5.36. The van der Waals surface area contributed by atoms with E-state index in [-0.39, 0.29) is 21.7 Å². The highest BCUT2D eigenvalue weighted by atomic mass is 35.5. The zero-order valence-electron chi connectivity index (χ0n) is 16.8. The highest BCUT2D eigenvalue weighted by Crippen LogP contribution is 2.24. The molecule has 1 aromatic heterocycles. The molecule has 0 bridgehead atoms. The zero-order chi connectivity index (χ0) is 22.6. The largest absolute Gasteiger partial charge is 0.325 e. The number of benzene rings is 2. The molecule has 0 saturated carbocycles. The number of H-pyrrole nitrogens is 1. The van der Waals surface area contributed by atoms with Gasteiger partial charge in [0.25, 0.3) is 5.56 Å². The van der Waals surface area contributed by atoms with Crippen LogP contribution in [0.4, 0.5) is 5.69 Å². The summed E-state index contributed by atoms with van der Waals surface area (Å²) in [5.41, 5.74) is 1.54. The van der Waals surface area contributed by atoms with Gasteiger partial charge in [0.15, 0.2) is 10.1 Å². The number of carbonyl (C=O) groups is 1. The Hall–Kier alpha value is -2.62. The van der Waals surface area contributed by atoms with Crippen molar-refractivity contribution in [3.63, 3.8) is 0 Å². The summed E-state index contributed by atoms with van der Waals surface area (Å²) in [6.07, 6.45) is 1.79. The van der Waals surface area contributed by atoms with E-state index >= 15 is 0 Å². The van der Waals surface area contributed by atoms with Crippen LogP contribution in [-0.4, -0.2) is 30.0 Å². The van der Waals surface area contributed by atoms with Crippen LogP contribution < -0.4 is 10.9 Å². The average Bonchev–Trinajstić information content (AvgIpc) is 2.75. The molecule has 0 aliphatic heterocycles. The lowest BCUT2D eigenvalue weighted by Crippen LogP contribution is -2.20. The number of nitrogens with zero attached hydrogens (tertiary/aromatic N) is 1. The smallest absolute Gasteiger partial charge is 0.270 e. The molecule has 7 nitrogen and oxygen atoms in total. The Morgan fingerprint density at radius 1 is 1.19 bits per heavy atom. The molecule has 0 aliphatic carbocycles. The first kappa shape index (κ1) is 23.1. The topological polar surface area (TPSA) is 109 Å². The lowest BCUT2D eigenvalue weighted by Gasteiger charge is -2.09. The number of hydrogen-bond donors (Lipinski definition) is 2. The van der Waals surface area contributed by atoms with Gasteiger partial charge in [-0.3, -0.25) is 9.59 Å². The number of aryl methyl sites for hydroxylation is 1. The van der Waals surface area contributed by atoms with Gasteiger partial charge in [0.2, 0.25) is 15.7 Å². The Bertz CT molecular complexity index is 1270. The minimum Gasteiger partial charge on any atom is -0.325 e. The number of nitrogens with one attached hydrogen (secondary N) is 2. The molecule has 0 unspecified atom stereocenters. The van der Waals surface area contributed by atoms with Gasteiger partial charge < -0.3 is 10.3 Å². The van der Waals surface area contributed by atoms with Crippen molar-refractivity contribution in [1.82, 2.24) is 9.97 Å². The molecule has 2 aromatic carbocycles. The molecule has 0 atom stereocenters. The fourth-order valence-electron chi connectivity index (χ4n) is 2.73. The highest BCUT2D eigenvalue weighted by Gasteiger charge is 2.22. The Balaban J connectivity index is 1.71. The summed E-state index contributed by atoms with van der Waals surface area (Å²) in [7, 11) is -4.00. The molecular formula is C21H20ClN3O4S2. The van der Waals surface area contributed by atoms with E-state index in [1.54, 1.807) is 37.3 Å². The number of thioether (sulfide) groups is 1. The van der Waals surface area contributed by atoms with Crippen molar-refractivity contribution >= 4 is 44.8 Å². The normalized spacial score (nSPS) is 11.3. The van der Waals surface area contributed by atoms with Crippen LogP contribution in [0.3, 0.4) is 0 Å². The lowest BCUT2D eigenvalue weighted by molar-refractivity contribution is -0.113. The number of sulfone groups is 1. The molecule has 31 heavy (non-hydrogen) atoms. The number of amides is 1. The van der Waals surface area contributed by atoms with Gasteiger partial charge >= 0.3 is 0 Å². The van der Waals surface area contributed by atoms with Gasteiger partial charge in [-0.1, -0.05) is 48.5 Å². The third-order valence-electron chi connectivity index (χ3n) is 4.56. The van der Waals surface area contributed by atoms with Crippen LogP contribution in [-0.2, 0) is 21.1 Å². The Morgan fingerprint density at radius 2 is 1.90 bits per heavy atom. The van der Waals surface area contributed by atoms with Crippen molar-refractivity contribution in [3.05, 3.63) is 75.2 Å². The van der Waals surface area contributed by atoms with Crippen LogP contribution in [0.25, 0.3) is 0 Å². The van der Waals surface area contributed by atoms with Gasteiger partial charge in [-0.2, -0.15) is 0 Å². The first-order valence-corrected chi connectivity index (χ1v) is 12.2. The number of carbonyl (C=O) groups excluding carboxylic acids is 1. The molecule has 0 aliphatic rings. The number of aromatic nitrogens is 2. The maximum absolute atomic E-state index is 12.8. The summed E-state index contributed by atoms with van der Waals surface area (Å²) in [6, 6.07) is 11.5. The van der Waals surface area contributed by atoms with Crippen molar-refractivity contribution in [2.24, 2.45) is 0 Å². The van der Waals surface area contributed by atoms with E-state index in [1.807, 2.05) is 6.92 Å². The monoisotopic (exact) mass is 477 g/mol. The van der Waals surface area contributed by atoms with Gasteiger partial charge in [0, 0.05) is 10.7 Å². The quantitative estimate of drug-likeness (QED) is 0.395. The predicted molar refractivity (Wildman–Crippen MR) is 122 cm³/mol. The molecule has 1 amide bonds. The van der Waals surface area contributed by atoms with Crippen molar-refractivity contribution in [2.75, 3.05) is 11.1 Å². The number of halogens is 1. The van der Waals surface area contributed by atoms with Gasteiger partial charge in [-0.25, -0.2) is 13.4 Å². The molecule has 3 aromatic rings. The van der Waals surface area contributed by atoms with Crippen LogP contribution in [0.1, 0.15) is 18.1 Å². The predicted octanol–water partition coefficient (Wildman–Crippen LogP) is 3.86. The van der Waals surface area contributed by atoms with E-state index in [9.17, 15) is 18.0 Å².